The number of Topliss-reactive ketones (excluding diaryl/α,β-unsaturated/α-hetero) is 1. The zero-order chi connectivity index (χ0) is 17.1. The quantitative estimate of drug-likeness (QED) is 0.920. The van der Waals surface area contributed by atoms with Gasteiger partial charge in [0.25, 0.3) is 0 Å². The van der Waals surface area contributed by atoms with Gasteiger partial charge < -0.3 is 10.1 Å². The molecule has 4 heteroatoms. The first-order chi connectivity index (χ1) is 11.6. The summed E-state index contributed by atoms with van der Waals surface area (Å²) in [7, 11) is 1.64. The van der Waals surface area contributed by atoms with E-state index in [1.54, 1.807) is 7.11 Å². The molecule has 124 valence electrons. The number of ketones is 1. The smallest absolute Gasteiger partial charge is 0.228 e. The van der Waals surface area contributed by atoms with Crippen molar-refractivity contribution in [2.45, 2.75) is 25.7 Å². The van der Waals surface area contributed by atoms with E-state index in [4.69, 9.17) is 4.74 Å². The third kappa shape index (κ3) is 3.18. The number of nitrogens with one attached hydrogen (secondary N) is 1. The lowest BCUT2D eigenvalue weighted by Gasteiger charge is -2.14. The highest BCUT2D eigenvalue weighted by Crippen LogP contribution is 2.35. The van der Waals surface area contributed by atoms with Gasteiger partial charge in [-0.05, 0) is 42.2 Å². The topological polar surface area (TPSA) is 55.4 Å². The molecule has 1 aliphatic rings. The van der Waals surface area contributed by atoms with E-state index < -0.39 is 0 Å². The van der Waals surface area contributed by atoms with E-state index in [0.717, 1.165) is 28.9 Å². The largest absolute Gasteiger partial charge is 0.497 e. The summed E-state index contributed by atoms with van der Waals surface area (Å²) in [6, 6.07) is 13.4. The van der Waals surface area contributed by atoms with Crippen molar-refractivity contribution in [2.75, 3.05) is 13.7 Å². The summed E-state index contributed by atoms with van der Waals surface area (Å²) in [5.41, 5.74) is 3.70. The van der Waals surface area contributed by atoms with Crippen LogP contribution in [0.3, 0.4) is 0 Å². The van der Waals surface area contributed by atoms with Gasteiger partial charge >= 0.3 is 0 Å². The minimum absolute atomic E-state index is 0.0571. The van der Waals surface area contributed by atoms with Gasteiger partial charge in [0.1, 0.15) is 5.75 Å². The molecule has 0 fully saturated rings. The molecule has 3 rings (SSSR count). The fraction of sp³-hybridized carbons (Fsp3) is 0.300. The number of amides is 1. The second-order valence-corrected chi connectivity index (χ2v) is 6.11. The molecule has 1 atom stereocenters. The van der Waals surface area contributed by atoms with Crippen LogP contribution in [0.15, 0.2) is 42.5 Å². The standard InChI is InChI=1S/C20H21NO3/c1-13-5-3-8-16-18(22)12-17(19(13)16)20(23)21-10-9-14-6-4-7-15(11-14)24-2/h3-8,11,17H,9-10,12H2,1-2H3,(H,21,23). The summed E-state index contributed by atoms with van der Waals surface area (Å²) in [4.78, 5) is 24.6. The van der Waals surface area contributed by atoms with E-state index in [1.165, 1.54) is 0 Å². The van der Waals surface area contributed by atoms with E-state index in [2.05, 4.69) is 5.32 Å². The van der Waals surface area contributed by atoms with Crippen molar-refractivity contribution >= 4 is 11.7 Å². The molecular formula is C20H21NO3. The van der Waals surface area contributed by atoms with Crippen LogP contribution in [0.4, 0.5) is 0 Å². The Kier molecular flexibility index (Phi) is 4.65. The highest BCUT2D eigenvalue weighted by molar-refractivity contribution is 6.07. The van der Waals surface area contributed by atoms with Crippen LogP contribution in [0.25, 0.3) is 0 Å². The number of fused-ring (bicyclic) bond motifs is 1. The number of carbonyl (C=O) groups is 2. The van der Waals surface area contributed by atoms with Crippen molar-refractivity contribution in [3.05, 3.63) is 64.7 Å². The minimum atomic E-state index is -0.362. The highest BCUT2D eigenvalue weighted by Gasteiger charge is 2.35. The number of ether oxygens (including phenoxy) is 1. The van der Waals surface area contributed by atoms with Gasteiger partial charge in [0, 0.05) is 18.5 Å². The average molecular weight is 323 g/mol. The van der Waals surface area contributed by atoms with Gasteiger partial charge in [-0.2, -0.15) is 0 Å². The molecule has 0 heterocycles. The molecular weight excluding hydrogens is 302 g/mol. The van der Waals surface area contributed by atoms with Crippen LogP contribution in [0.2, 0.25) is 0 Å². The van der Waals surface area contributed by atoms with Crippen LogP contribution >= 0.6 is 0 Å². The van der Waals surface area contributed by atoms with Crippen molar-refractivity contribution in [1.82, 2.24) is 5.32 Å². The van der Waals surface area contributed by atoms with Gasteiger partial charge in [-0.1, -0.05) is 30.3 Å². The third-order valence-corrected chi connectivity index (χ3v) is 4.53. The maximum atomic E-state index is 12.5. The lowest BCUT2D eigenvalue weighted by atomic mass is 9.96. The monoisotopic (exact) mass is 323 g/mol. The Balaban J connectivity index is 1.63. The summed E-state index contributed by atoms with van der Waals surface area (Å²) in [5.74, 6) is 0.435. The van der Waals surface area contributed by atoms with Crippen LogP contribution in [0.5, 0.6) is 5.75 Å². The van der Waals surface area contributed by atoms with Crippen LogP contribution in [-0.4, -0.2) is 25.3 Å². The lowest BCUT2D eigenvalue weighted by molar-refractivity contribution is -0.122. The Hall–Kier alpha value is -2.62. The molecule has 0 spiro atoms. The van der Waals surface area contributed by atoms with E-state index in [9.17, 15) is 9.59 Å². The number of hydrogen-bond donors (Lipinski definition) is 1. The molecule has 1 unspecified atom stereocenters. The Labute approximate surface area is 141 Å². The van der Waals surface area contributed by atoms with Crippen LogP contribution in [0, 0.1) is 6.92 Å². The van der Waals surface area contributed by atoms with Crippen molar-refractivity contribution in [3.63, 3.8) is 0 Å². The molecule has 1 aliphatic carbocycles. The lowest BCUT2D eigenvalue weighted by Crippen LogP contribution is -2.30. The highest BCUT2D eigenvalue weighted by atomic mass is 16.5. The number of hydrogen-bond acceptors (Lipinski definition) is 3. The maximum Gasteiger partial charge on any atom is 0.228 e. The Bertz CT molecular complexity index is 782. The summed E-state index contributed by atoms with van der Waals surface area (Å²) in [6.07, 6.45) is 0.995. The van der Waals surface area contributed by atoms with Gasteiger partial charge in [-0.3, -0.25) is 9.59 Å². The Morgan fingerprint density at radius 3 is 2.83 bits per heavy atom. The van der Waals surface area contributed by atoms with Gasteiger partial charge in [-0.15, -0.1) is 0 Å². The predicted octanol–water partition coefficient (Wildman–Crippen LogP) is 3.03. The van der Waals surface area contributed by atoms with E-state index >= 15 is 0 Å². The van der Waals surface area contributed by atoms with E-state index in [0.29, 0.717) is 12.1 Å². The van der Waals surface area contributed by atoms with Gasteiger partial charge in [-0.25, -0.2) is 0 Å². The summed E-state index contributed by atoms with van der Waals surface area (Å²) >= 11 is 0. The van der Waals surface area contributed by atoms with Gasteiger partial charge in [0.15, 0.2) is 5.78 Å². The van der Waals surface area contributed by atoms with Crippen molar-refractivity contribution < 1.29 is 14.3 Å². The summed E-state index contributed by atoms with van der Waals surface area (Å²) < 4.78 is 5.20. The molecule has 2 aromatic carbocycles. The maximum absolute atomic E-state index is 12.5. The summed E-state index contributed by atoms with van der Waals surface area (Å²) in [6.45, 7) is 2.49. The third-order valence-electron chi connectivity index (χ3n) is 4.53. The second-order valence-electron chi connectivity index (χ2n) is 6.11. The number of aryl methyl sites for hydroxylation is 1. The molecule has 24 heavy (non-hydrogen) atoms. The first kappa shape index (κ1) is 16.2. The number of carbonyl (C=O) groups excluding carboxylic acids is 2. The fourth-order valence-electron chi connectivity index (χ4n) is 3.29. The molecule has 0 aromatic heterocycles. The SMILES string of the molecule is COc1cccc(CCNC(=O)C2CC(=O)c3cccc(C)c32)c1. The van der Waals surface area contributed by atoms with E-state index in [-0.39, 0.29) is 24.0 Å². The normalized spacial score (nSPS) is 15.9. The zero-order valence-corrected chi connectivity index (χ0v) is 14.0. The van der Waals surface area contributed by atoms with Crippen molar-refractivity contribution in [3.8, 4) is 5.75 Å². The Morgan fingerprint density at radius 2 is 2.04 bits per heavy atom. The molecule has 0 aliphatic heterocycles. The first-order valence-corrected chi connectivity index (χ1v) is 8.13. The van der Waals surface area contributed by atoms with Crippen molar-refractivity contribution in [2.24, 2.45) is 0 Å². The second kappa shape index (κ2) is 6.87. The molecule has 0 radical (unpaired) electrons. The van der Waals surface area contributed by atoms with Crippen LogP contribution in [-0.2, 0) is 11.2 Å². The van der Waals surface area contributed by atoms with E-state index in [1.807, 2.05) is 49.4 Å². The number of benzene rings is 2. The molecule has 1 N–H and O–H groups in total. The first-order valence-electron chi connectivity index (χ1n) is 8.13. The number of rotatable bonds is 5. The molecule has 4 nitrogen and oxygen atoms in total. The van der Waals surface area contributed by atoms with Gasteiger partial charge in [0.2, 0.25) is 5.91 Å². The molecule has 0 saturated heterocycles. The van der Waals surface area contributed by atoms with Gasteiger partial charge in [0.05, 0.1) is 13.0 Å². The number of methoxy groups -OCH3 is 1. The molecule has 0 bridgehead atoms. The van der Waals surface area contributed by atoms with Crippen LogP contribution < -0.4 is 10.1 Å². The Morgan fingerprint density at radius 1 is 1.25 bits per heavy atom. The minimum Gasteiger partial charge on any atom is -0.497 e. The molecule has 0 saturated carbocycles. The fourth-order valence-corrected chi connectivity index (χ4v) is 3.29. The predicted molar refractivity (Wildman–Crippen MR) is 92.6 cm³/mol. The molecule has 2 aromatic rings. The van der Waals surface area contributed by atoms with Crippen molar-refractivity contribution in [1.29, 1.82) is 0 Å². The average Bonchev–Trinajstić information content (AvgIpc) is 2.93. The van der Waals surface area contributed by atoms with Crippen LogP contribution in [0.1, 0.15) is 39.4 Å². The molecule has 1 amide bonds. The summed E-state index contributed by atoms with van der Waals surface area (Å²) in [5, 5.41) is 2.97. The zero-order valence-electron chi connectivity index (χ0n) is 14.0.